The minimum absolute atomic E-state index is 0.394. The van der Waals surface area contributed by atoms with Crippen LogP contribution < -0.4 is 9.47 Å². The average Bonchev–Trinajstić information content (AvgIpc) is 2.18. The highest BCUT2D eigenvalue weighted by atomic mass is 16.5. The lowest BCUT2D eigenvalue weighted by Gasteiger charge is -2.22. The number of aliphatic hydroxyl groups excluding tert-OH is 1. The fourth-order valence-corrected chi connectivity index (χ4v) is 1.48. The molecular formula is C10H12O3. The van der Waals surface area contributed by atoms with Crippen LogP contribution in [0.4, 0.5) is 0 Å². The van der Waals surface area contributed by atoms with Crippen molar-refractivity contribution in [2.75, 3.05) is 13.7 Å². The normalized spacial score (nSPS) is 20.3. The van der Waals surface area contributed by atoms with Gasteiger partial charge in [0.2, 0.25) is 0 Å². The third kappa shape index (κ3) is 1.47. The van der Waals surface area contributed by atoms with Crippen LogP contribution in [0, 0.1) is 0 Å². The second-order valence-electron chi connectivity index (χ2n) is 3.06. The summed E-state index contributed by atoms with van der Waals surface area (Å²) in [6.45, 7) is 0.571. The number of ether oxygens (including phenoxy) is 2. The van der Waals surface area contributed by atoms with E-state index in [1.165, 1.54) is 0 Å². The zero-order chi connectivity index (χ0) is 9.26. The Bertz CT molecular complexity index is 309. The third-order valence-electron chi connectivity index (χ3n) is 2.23. The van der Waals surface area contributed by atoms with E-state index in [4.69, 9.17) is 9.47 Å². The number of hydrogen-bond acceptors (Lipinski definition) is 3. The molecule has 1 heterocycles. The standard InChI is InChI=1S/C10H12O3/c1-12-7-2-3-8-9(11)4-5-13-10(8)6-7/h2-3,6,9,11H,4-5H2,1H3/t9-/m0/s1. The highest BCUT2D eigenvalue weighted by Crippen LogP contribution is 2.34. The number of benzene rings is 1. The number of rotatable bonds is 1. The number of hydrogen-bond donors (Lipinski definition) is 1. The van der Waals surface area contributed by atoms with Crippen LogP contribution in [0.3, 0.4) is 0 Å². The molecule has 0 amide bonds. The zero-order valence-electron chi connectivity index (χ0n) is 7.49. The van der Waals surface area contributed by atoms with Gasteiger partial charge < -0.3 is 14.6 Å². The fraction of sp³-hybridized carbons (Fsp3) is 0.400. The van der Waals surface area contributed by atoms with Crippen molar-refractivity contribution in [3.63, 3.8) is 0 Å². The highest BCUT2D eigenvalue weighted by Gasteiger charge is 2.19. The van der Waals surface area contributed by atoms with Crippen molar-refractivity contribution in [3.05, 3.63) is 23.8 Å². The number of aliphatic hydroxyl groups is 1. The minimum atomic E-state index is -0.394. The number of fused-ring (bicyclic) bond motifs is 1. The van der Waals surface area contributed by atoms with Crippen LogP contribution >= 0.6 is 0 Å². The first-order chi connectivity index (χ1) is 6.31. The van der Waals surface area contributed by atoms with Crippen LogP contribution in [0.25, 0.3) is 0 Å². The largest absolute Gasteiger partial charge is 0.497 e. The lowest BCUT2D eigenvalue weighted by molar-refractivity contribution is 0.115. The van der Waals surface area contributed by atoms with Crippen LogP contribution in [0.15, 0.2) is 18.2 Å². The third-order valence-corrected chi connectivity index (χ3v) is 2.23. The Morgan fingerprint density at radius 1 is 1.54 bits per heavy atom. The Balaban J connectivity index is 2.39. The monoisotopic (exact) mass is 180 g/mol. The maximum Gasteiger partial charge on any atom is 0.128 e. The molecule has 0 spiro atoms. The molecular weight excluding hydrogens is 168 g/mol. The predicted molar refractivity (Wildman–Crippen MR) is 48.1 cm³/mol. The summed E-state index contributed by atoms with van der Waals surface area (Å²) >= 11 is 0. The molecule has 3 nitrogen and oxygen atoms in total. The first-order valence-electron chi connectivity index (χ1n) is 4.30. The Morgan fingerprint density at radius 2 is 2.38 bits per heavy atom. The zero-order valence-corrected chi connectivity index (χ0v) is 7.49. The molecule has 0 bridgehead atoms. The SMILES string of the molecule is COc1ccc2c(c1)OCC[C@@H]2O. The summed E-state index contributed by atoms with van der Waals surface area (Å²) in [5.41, 5.74) is 0.854. The van der Waals surface area contributed by atoms with Crippen LogP contribution in [-0.4, -0.2) is 18.8 Å². The van der Waals surface area contributed by atoms with Crippen molar-refractivity contribution >= 4 is 0 Å². The average molecular weight is 180 g/mol. The Hall–Kier alpha value is -1.22. The van der Waals surface area contributed by atoms with Crippen LogP contribution in [0.5, 0.6) is 11.5 Å². The second kappa shape index (κ2) is 3.26. The molecule has 70 valence electrons. The molecule has 0 fully saturated rings. The first kappa shape index (κ1) is 8.38. The maximum absolute atomic E-state index is 9.60. The molecule has 1 aliphatic heterocycles. The Morgan fingerprint density at radius 3 is 3.15 bits per heavy atom. The second-order valence-corrected chi connectivity index (χ2v) is 3.06. The topological polar surface area (TPSA) is 38.7 Å². The number of methoxy groups -OCH3 is 1. The summed E-state index contributed by atoms with van der Waals surface area (Å²) in [5.74, 6) is 1.49. The van der Waals surface area contributed by atoms with Gasteiger partial charge in [0.05, 0.1) is 19.8 Å². The molecule has 0 saturated heterocycles. The molecule has 2 rings (SSSR count). The lowest BCUT2D eigenvalue weighted by Crippen LogP contribution is -2.13. The minimum Gasteiger partial charge on any atom is -0.497 e. The summed E-state index contributed by atoms with van der Waals surface area (Å²) in [7, 11) is 1.61. The molecule has 3 heteroatoms. The van der Waals surface area contributed by atoms with E-state index in [-0.39, 0.29) is 0 Å². The van der Waals surface area contributed by atoms with Gasteiger partial charge in [-0.05, 0) is 12.1 Å². The van der Waals surface area contributed by atoms with Gasteiger partial charge in [0.25, 0.3) is 0 Å². The van der Waals surface area contributed by atoms with Crippen molar-refractivity contribution in [3.8, 4) is 11.5 Å². The molecule has 0 aliphatic carbocycles. The summed E-state index contributed by atoms with van der Waals surface area (Å²) in [5, 5.41) is 9.60. The van der Waals surface area contributed by atoms with Gasteiger partial charge in [-0.15, -0.1) is 0 Å². The Labute approximate surface area is 76.9 Å². The molecule has 1 N–H and O–H groups in total. The summed E-state index contributed by atoms with van der Waals surface area (Å²) in [4.78, 5) is 0. The van der Waals surface area contributed by atoms with Crippen LogP contribution in [0.2, 0.25) is 0 Å². The van der Waals surface area contributed by atoms with Crippen LogP contribution in [-0.2, 0) is 0 Å². The van der Waals surface area contributed by atoms with Gasteiger partial charge in [0.1, 0.15) is 11.5 Å². The van der Waals surface area contributed by atoms with Crippen molar-refractivity contribution in [2.45, 2.75) is 12.5 Å². The molecule has 0 radical (unpaired) electrons. The highest BCUT2D eigenvalue weighted by molar-refractivity contribution is 5.42. The molecule has 1 aromatic carbocycles. The summed E-state index contributed by atoms with van der Waals surface area (Å²) < 4.78 is 10.5. The summed E-state index contributed by atoms with van der Waals surface area (Å²) in [6, 6.07) is 5.48. The molecule has 1 atom stereocenters. The molecule has 13 heavy (non-hydrogen) atoms. The van der Waals surface area contributed by atoms with E-state index in [1.54, 1.807) is 13.2 Å². The van der Waals surface area contributed by atoms with Gasteiger partial charge in [-0.3, -0.25) is 0 Å². The van der Waals surface area contributed by atoms with E-state index in [0.29, 0.717) is 13.0 Å². The maximum atomic E-state index is 9.60. The summed E-state index contributed by atoms with van der Waals surface area (Å²) in [6.07, 6.45) is 0.272. The van der Waals surface area contributed by atoms with E-state index in [9.17, 15) is 5.11 Å². The van der Waals surface area contributed by atoms with Gasteiger partial charge in [0, 0.05) is 18.1 Å². The van der Waals surface area contributed by atoms with Crippen molar-refractivity contribution in [2.24, 2.45) is 0 Å². The van der Waals surface area contributed by atoms with Crippen LogP contribution in [0.1, 0.15) is 18.1 Å². The molecule has 0 unspecified atom stereocenters. The van der Waals surface area contributed by atoms with Gasteiger partial charge in [0.15, 0.2) is 0 Å². The van der Waals surface area contributed by atoms with Crippen molar-refractivity contribution in [1.82, 2.24) is 0 Å². The molecule has 1 aromatic rings. The van der Waals surface area contributed by atoms with Gasteiger partial charge >= 0.3 is 0 Å². The van der Waals surface area contributed by atoms with E-state index < -0.39 is 6.10 Å². The first-order valence-corrected chi connectivity index (χ1v) is 4.30. The van der Waals surface area contributed by atoms with Crippen molar-refractivity contribution < 1.29 is 14.6 Å². The van der Waals surface area contributed by atoms with E-state index in [2.05, 4.69) is 0 Å². The van der Waals surface area contributed by atoms with Gasteiger partial charge in [-0.1, -0.05) is 0 Å². The van der Waals surface area contributed by atoms with Gasteiger partial charge in [-0.2, -0.15) is 0 Å². The van der Waals surface area contributed by atoms with Gasteiger partial charge in [-0.25, -0.2) is 0 Å². The van der Waals surface area contributed by atoms with E-state index in [0.717, 1.165) is 17.1 Å². The fourth-order valence-electron chi connectivity index (χ4n) is 1.48. The predicted octanol–water partition coefficient (Wildman–Crippen LogP) is 1.51. The van der Waals surface area contributed by atoms with E-state index in [1.807, 2.05) is 12.1 Å². The quantitative estimate of drug-likeness (QED) is 0.712. The van der Waals surface area contributed by atoms with Crippen molar-refractivity contribution in [1.29, 1.82) is 0 Å². The molecule has 0 saturated carbocycles. The molecule has 1 aliphatic rings. The smallest absolute Gasteiger partial charge is 0.128 e. The lowest BCUT2D eigenvalue weighted by atomic mass is 10.0. The molecule has 0 aromatic heterocycles. The van der Waals surface area contributed by atoms with E-state index >= 15 is 0 Å². The Kier molecular flexibility index (Phi) is 2.10.